The number of benzene rings is 1. The molecule has 0 bridgehead atoms. The Morgan fingerprint density at radius 2 is 2.13 bits per heavy atom. The van der Waals surface area contributed by atoms with Gasteiger partial charge in [0, 0.05) is 17.6 Å². The van der Waals surface area contributed by atoms with E-state index in [9.17, 15) is 4.79 Å². The average Bonchev–Trinajstić information content (AvgIpc) is 2.25. The Balaban J connectivity index is 2.54. The fourth-order valence-corrected chi connectivity index (χ4v) is 1.54. The monoisotopic (exact) mass is 268 g/mol. The van der Waals surface area contributed by atoms with Crippen molar-refractivity contribution in [2.24, 2.45) is 5.73 Å². The van der Waals surface area contributed by atoms with Gasteiger partial charge in [0.15, 0.2) is 0 Å². The first-order chi connectivity index (χ1) is 7.25. The van der Waals surface area contributed by atoms with Gasteiger partial charge in [0.05, 0.1) is 5.56 Å². The van der Waals surface area contributed by atoms with Gasteiger partial charge < -0.3 is 11.1 Å². The summed E-state index contributed by atoms with van der Waals surface area (Å²) in [6, 6.07) is 7.31. The molecule has 0 aliphatic rings. The first-order valence-corrected chi connectivity index (χ1v) is 5.43. The molecule has 0 heterocycles. The van der Waals surface area contributed by atoms with Gasteiger partial charge in [-0.05, 0) is 28.1 Å². The third-order valence-corrected chi connectivity index (χ3v) is 2.49. The topological polar surface area (TPSA) is 55.1 Å². The lowest BCUT2D eigenvalue weighted by atomic mass is 10.2. The molecule has 1 aromatic rings. The summed E-state index contributed by atoms with van der Waals surface area (Å²) < 4.78 is 0.797. The Kier molecular flexibility index (Phi) is 5.07. The first-order valence-electron chi connectivity index (χ1n) is 4.63. The van der Waals surface area contributed by atoms with Crippen molar-refractivity contribution < 1.29 is 4.79 Å². The van der Waals surface area contributed by atoms with Gasteiger partial charge in [0.1, 0.15) is 0 Å². The van der Waals surface area contributed by atoms with Gasteiger partial charge in [-0.3, -0.25) is 4.79 Å². The van der Waals surface area contributed by atoms with E-state index in [1.807, 2.05) is 24.3 Å². The largest absolute Gasteiger partial charge is 0.349 e. The summed E-state index contributed by atoms with van der Waals surface area (Å²) in [4.78, 5) is 11.6. The van der Waals surface area contributed by atoms with E-state index >= 15 is 0 Å². The molecule has 0 saturated carbocycles. The lowest BCUT2D eigenvalue weighted by Crippen LogP contribution is -2.23. The minimum atomic E-state index is -0.0934. The molecule has 0 aliphatic heterocycles. The van der Waals surface area contributed by atoms with Crippen molar-refractivity contribution in [3.05, 3.63) is 46.5 Å². The fraction of sp³-hybridized carbons (Fsp3) is 0.182. The van der Waals surface area contributed by atoms with E-state index < -0.39 is 0 Å². The van der Waals surface area contributed by atoms with Gasteiger partial charge in [-0.2, -0.15) is 0 Å². The predicted octanol–water partition coefficient (Wildman–Crippen LogP) is 1.69. The third kappa shape index (κ3) is 3.85. The molecule has 0 fully saturated rings. The Labute approximate surface area is 97.5 Å². The number of amides is 1. The molecule has 15 heavy (non-hydrogen) atoms. The number of nitrogens with one attached hydrogen (secondary N) is 1. The smallest absolute Gasteiger partial charge is 0.252 e. The van der Waals surface area contributed by atoms with Crippen molar-refractivity contribution in [2.75, 3.05) is 13.1 Å². The minimum Gasteiger partial charge on any atom is -0.349 e. The number of halogens is 1. The van der Waals surface area contributed by atoms with Crippen molar-refractivity contribution in [1.29, 1.82) is 0 Å². The van der Waals surface area contributed by atoms with E-state index in [0.717, 1.165) is 4.47 Å². The molecule has 0 aliphatic carbocycles. The van der Waals surface area contributed by atoms with Crippen LogP contribution in [0.15, 0.2) is 40.9 Å². The van der Waals surface area contributed by atoms with Crippen LogP contribution >= 0.6 is 15.9 Å². The van der Waals surface area contributed by atoms with Crippen LogP contribution in [0.3, 0.4) is 0 Å². The SMILES string of the molecule is NC/C=C/CNC(=O)c1ccccc1Br. The number of carbonyl (C=O) groups is 1. The molecule has 3 nitrogen and oxygen atoms in total. The van der Waals surface area contributed by atoms with E-state index in [4.69, 9.17) is 5.73 Å². The standard InChI is InChI=1S/C11H13BrN2O/c12-10-6-2-1-5-9(10)11(15)14-8-4-3-7-13/h1-6H,7-8,13H2,(H,14,15)/b4-3+. The Bertz CT molecular complexity index is 363. The van der Waals surface area contributed by atoms with E-state index in [1.165, 1.54) is 0 Å². The van der Waals surface area contributed by atoms with Gasteiger partial charge in [0.2, 0.25) is 0 Å². The van der Waals surface area contributed by atoms with Crippen LogP contribution in [0, 0.1) is 0 Å². The highest BCUT2D eigenvalue weighted by atomic mass is 79.9. The van der Waals surface area contributed by atoms with E-state index in [1.54, 1.807) is 12.1 Å². The van der Waals surface area contributed by atoms with Gasteiger partial charge in [-0.25, -0.2) is 0 Å². The second kappa shape index (κ2) is 6.37. The number of nitrogens with two attached hydrogens (primary N) is 1. The lowest BCUT2D eigenvalue weighted by molar-refractivity contribution is 0.0957. The third-order valence-electron chi connectivity index (χ3n) is 1.80. The summed E-state index contributed by atoms with van der Waals surface area (Å²) in [5.41, 5.74) is 5.91. The summed E-state index contributed by atoms with van der Waals surface area (Å²) in [5.74, 6) is -0.0934. The molecule has 0 atom stereocenters. The minimum absolute atomic E-state index is 0.0934. The van der Waals surface area contributed by atoms with E-state index in [2.05, 4.69) is 21.2 Å². The predicted molar refractivity (Wildman–Crippen MR) is 64.7 cm³/mol. The zero-order chi connectivity index (χ0) is 11.1. The van der Waals surface area contributed by atoms with E-state index in [-0.39, 0.29) is 5.91 Å². The Hall–Kier alpha value is -1.13. The molecule has 0 radical (unpaired) electrons. The molecule has 4 heteroatoms. The van der Waals surface area contributed by atoms with Crippen LogP contribution in [0.2, 0.25) is 0 Å². The highest BCUT2D eigenvalue weighted by molar-refractivity contribution is 9.10. The summed E-state index contributed by atoms with van der Waals surface area (Å²) in [5, 5.41) is 2.76. The van der Waals surface area contributed by atoms with Crippen LogP contribution in [-0.2, 0) is 0 Å². The van der Waals surface area contributed by atoms with Crippen molar-refractivity contribution in [2.45, 2.75) is 0 Å². The number of hydrogen-bond acceptors (Lipinski definition) is 2. The molecule has 1 rings (SSSR count). The molecule has 1 aromatic carbocycles. The first kappa shape index (κ1) is 11.9. The molecule has 0 aromatic heterocycles. The molecule has 80 valence electrons. The molecule has 0 unspecified atom stereocenters. The number of carbonyl (C=O) groups excluding carboxylic acids is 1. The summed E-state index contributed by atoms with van der Waals surface area (Å²) in [7, 11) is 0. The molecular formula is C11H13BrN2O. The normalized spacial score (nSPS) is 10.5. The lowest BCUT2D eigenvalue weighted by Gasteiger charge is -2.03. The van der Waals surface area contributed by atoms with Gasteiger partial charge in [-0.1, -0.05) is 24.3 Å². The second-order valence-corrected chi connectivity index (χ2v) is 3.75. The molecule has 3 N–H and O–H groups in total. The maximum Gasteiger partial charge on any atom is 0.252 e. The van der Waals surface area contributed by atoms with Crippen LogP contribution < -0.4 is 11.1 Å². The van der Waals surface area contributed by atoms with Crippen molar-refractivity contribution >= 4 is 21.8 Å². The van der Waals surface area contributed by atoms with Crippen molar-refractivity contribution in [3.8, 4) is 0 Å². The van der Waals surface area contributed by atoms with Crippen molar-refractivity contribution in [3.63, 3.8) is 0 Å². The fourth-order valence-electron chi connectivity index (χ4n) is 1.07. The molecular weight excluding hydrogens is 256 g/mol. The summed E-state index contributed by atoms with van der Waals surface area (Å²) >= 11 is 3.32. The Morgan fingerprint density at radius 1 is 1.40 bits per heavy atom. The quantitative estimate of drug-likeness (QED) is 0.817. The van der Waals surface area contributed by atoms with Gasteiger partial charge >= 0.3 is 0 Å². The highest BCUT2D eigenvalue weighted by Gasteiger charge is 2.06. The van der Waals surface area contributed by atoms with Crippen molar-refractivity contribution in [1.82, 2.24) is 5.32 Å². The van der Waals surface area contributed by atoms with Crippen LogP contribution in [0.1, 0.15) is 10.4 Å². The van der Waals surface area contributed by atoms with Crippen LogP contribution in [-0.4, -0.2) is 19.0 Å². The van der Waals surface area contributed by atoms with Crippen LogP contribution in [0.4, 0.5) is 0 Å². The second-order valence-electron chi connectivity index (χ2n) is 2.90. The van der Waals surface area contributed by atoms with Gasteiger partial charge in [-0.15, -0.1) is 0 Å². The molecule has 0 saturated heterocycles. The van der Waals surface area contributed by atoms with Crippen LogP contribution in [0.25, 0.3) is 0 Å². The number of rotatable bonds is 4. The summed E-state index contributed by atoms with van der Waals surface area (Å²) in [6.07, 6.45) is 3.63. The Morgan fingerprint density at radius 3 is 2.80 bits per heavy atom. The molecule has 1 amide bonds. The zero-order valence-corrected chi connectivity index (χ0v) is 9.83. The van der Waals surface area contributed by atoms with Gasteiger partial charge in [0.25, 0.3) is 5.91 Å². The maximum atomic E-state index is 11.6. The zero-order valence-electron chi connectivity index (χ0n) is 8.24. The highest BCUT2D eigenvalue weighted by Crippen LogP contribution is 2.15. The number of hydrogen-bond donors (Lipinski definition) is 2. The maximum absolute atomic E-state index is 11.6. The average molecular weight is 269 g/mol. The summed E-state index contributed by atoms with van der Waals surface area (Å²) in [6.45, 7) is 0.988. The van der Waals surface area contributed by atoms with E-state index in [0.29, 0.717) is 18.7 Å². The molecule has 0 spiro atoms. The van der Waals surface area contributed by atoms with Crippen LogP contribution in [0.5, 0.6) is 0 Å².